The molecule has 0 rings (SSSR count). The molecule has 10 heteroatoms. The minimum absolute atomic E-state index is 0.0881. The standard InChI is InChI=1S/C8H11NO3.C6H11O5P/c1-4-9(7(3)10)5-6(2)8(11)12;1-2-6(7)4-3-5-11-12(8,9)10/h4-5H,1H2,2-3H3,(H,11,12);2H,1,3-5H2,(H2,8,9,10). The molecule has 0 saturated heterocycles. The van der Waals surface area contributed by atoms with Gasteiger partial charge in [0.25, 0.3) is 0 Å². The summed E-state index contributed by atoms with van der Waals surface area (Å²) in [5, 5.41) is 8.47. The van der Waals surface area contributed by atoms with Crippen LogP contribution in [0.2, 0.25) is 0 Å². The van der Waals surface area contributed by atoms with Gasteiger partial charge in [0.1, 0.15) is 0 Å². The summed E-state index contributed by atoms with van der Waals surface area (Å²) in [6, 6.07) is 0. The van der Waals surface area contributed by atoms with Gasteiger partial charge in [-0.25, -0.2) is 9.36 Å². The Bertz CT molecular complexity index is 549. The molecular weight excluding hydrogens is 341 g/mol. The molecule has 0 aliphatic rings. The first-order valence-corrected chi connectivity index (χ1v) is 8.16. The molecule has 0 fully saturated rings. The Morgan fingerprint density at radius 2 is 1.75 bits per heavy atom. The maximum Gasteiger partial charge on any atom is 0.469 e. The number of carboxylic acids is 1. The molecule has 3 N–H and O–H groups in total. The topological polar surface area (TPSA) is 141 Å². The molecule has 0 heterocycles. The third-order valence-electron chi connectivity index (χ3n) is 2.29. The average Bonchev–Trinajstić information content (AvgIpc) is 2.47. The van der Waals surface area contributed by atoms with Gasteiger partial charge < -0.3 is 14.9 Å². The highest BCUT2D eigenvalue weighted by atomic mass is 31.2. The number of aliphatic carboxylic acids is 1. The van der Waals surface area contributed by atoms with Crippen LogP contribution in [0.5, 0.6) is 0 Å². The fraction of sp³-hybridized carbons (Fsp3) is 0.357. The van der Waals surface area contributed by atoms with E-state index < -0.39 is 13.8 Å². The fourth-order valence-electron chi connectivity index (χ4n) is 1.07. The number of hydrogen-bond acceptors (Lipinski definition) is 5. The molecule has 0 spiro atoms. The van der Waals surface area contributed by atoms with Crippen LogP contribution in [-0.4, -0.2) is 44.1 Å². The second-order valence-corrected chi connectivity index (χ2v) is 5.56. The number of carbonyl (C=O) groups excluding carboxylic acids is 2. The monoisotopic (exact) mass is 363 g/mol. The number of hydrogen-bond donors (Lipinski definition) is 3. The number of allylic oxidation sites excluding steroid dienone is 1. The van der Waals surface area contributed by atoms with E-state index in [1.165, 1.54) is 26.2 Å². The third-order valence-corrected chi connectivity index (χ3v) is 2.80. The average molecular weight is 363 g/mol. The van der Waals surface area contributed by atoms with Crippen LogP contribution in [0.3, 0.4) is 0 Å². The number of carboxylic acid groups (broad SMARTS) is 1. The van der Waals surface area contributed by atoms with Crippen LogP contribution < -0.4 is 0 Å². The number of phosphoric ester groups is 1. The van der Waals surface area contributed by atoms with Crippen molar-refractivity contribution in [1.82, 2.24) is 4.90 Å². The van der Waals surface area contributed by atoms with Crippen LogP contribution in [0.1, 0.15) is 26.7 Å². The van der Waals surface area contributed by atoms with Crippen LogP contribution >= 0.6 is 7.82 Å². The van der Waals surface area contributed by atoms with Crippen molar-refractivity contribution in [3.8, 4) is 0 Å². The van der Waals surface area contributed by atoms with Crippen molar-refractivity contribution in [3.63, 3.8) is 0 Å². The Labute approximate surface area is 140 Å². The number of nitrogens with zero attached hydrogens (tertiary/aromatic N) is 1. The summed E-state index contributed by atoms with van der Waals surface area (Å²) in [4.78, 5) is 49.2. The Morgan fingerprint density at radius 3 is 2.08 bits per heavy atom. The van der Waals surface area contributed by atoms with Crippen molar-refractivity contribution in [2.75, 3.05) is 6.61 Å². The van der Waals surface area contributed by atoms with Crippen LogP contribution in [0.15, 0.2) is 37.2 Å². The van der Waals surface area contributed by atoms with E-state index in [1.807, 2.05) is 0 Å². The summed E-state index contributed by atoms with van der Waals surface area (Å²) in [6.45, 7) is 9.22. The molecule has 136 valence electrons. The zero-order valence-corrected chi connectivity index (χ0v) is 14.4. The maximum absolute atomic E-state index is 10.8. The summed E-state index contributed by atoms with van der Waals surface area (Å²) < 4.78 is 14.2. The molecule has 0 atom stereocenters. The molecule has 0 bridgehead atoms. The van der Waals surface area contributed by atoms with Crippen molar-refractivity contribution >= 4 is 25.5 Å². The normalized spacial score (nSPS) is 10.9. The minimum Gasteiger partial charge on any atom is -0.478 e. The molecular formula is C14H22NO8P. The van der Waals surface area contributed by atoms with E-state index in [1.54, 1.807) is 0 Å². The van der Waals surface area contributed by atoms with Gasteiger partial charge in [0.05, 0.1) is 12.2 Å². The van der Waals surface area contributed by atoms with E-state index in [4.69, 9.17) is 14.9 Å². The molecule has 0 aromatic carbocycles. The van der Waals surface area contributed by atoms with E-state index in [2.05, 4.69) is 17.7 Å². The first kappa shape index (κ1) is 24.2. The second-order valence-electron chi connectivity index (χ2n) is 4.32. The largest absolute Gasteiger partial charge is 0.478 e. The molecule has 24 heavy (non-hydrogen) atoms. The minimum atomic E-state index is -4.37. The van der Waals surface area contributed by atoms with Crippen LogP contribution in [0, 0.1) is 0 Å². The van der Waals surface area contributed by atoms with Gasteiger partial charge in [0.2, 0.25) is 5.91 Å². The van der Waals surface area contributed by atoms with Gasteiger partial charge >= 0.3 is 13.8 Å². The Kier molecular flexibility index (Phi) is 12.5. The maximum atomic E-state index is 10.8. The predicted molar refractivity (Wildman–Crippen MR) is 86.5 cm³/mol. The number of ketones is 1. The first-order chi connectivity index (χ1) is 10.9. The van der Waals surface area contributed by atoms with E-state index in [9.17, 15) is 18.9 Å². The summed E-state index contributed by atoms with van der Waals surface area (Å²) in [6.07, 6.45) is 4.13. The summed E-state index contributed by atoms with van der Waals surface area (Å²) in [5.41, 5.74) is 0.0881. The highest BCUT2D eigenvalue weighted by Crippen LogP contribution is 2.35. The molecule has 9 nitrogen and oxygen atoms in total. The molecule has 0 unspecified atom stereocenters. The molecule has 0 radical (unpaired) electrons. The zero-order chi connectivity index (χ0) is 19.3. The van der Waals surface area contributed by atoms with Gasteiger partial charge in [-0.05, 0) is 19.4 Å². The third kappa shape index (κ3) is 14.9. The lowest BCUT2D eigenvalue weighted by atomic mass is 10.2. The Morgan fingerprint density at radius 1 is 1.21 bits per heavy atom. The lowest BCUT2D eigenvalue weighted by Crippen LogP contribution is -2.17. The number of phosphoric acid groups is 1. The smallest absolute Gasteiger partial charge is 0.469 e. The van der Waals surface area contributed by atoms with Crippen molar-refractivity contribution in [2.45, 2.75) is 26.7 Å². The number of amides is 1. The van der Waals surface area contributed by atoms with Gasteiger partial charge in [0.15, 0.2) is 5.78 Å². The number of carbonyl (C=O) groups is 3. The Balaban J connectivity index is 0. The lowest BCUT2D eigenvalue weighted by molar-refractivity contribution is -0.132. The Hall–Kier alpha value is -2.06. The predicted octanol–water partition coefficient (Wildman–Crippen LogP) is 1.60. The van der Waals surface area contributed by atoms with Crippen LogP contribution in [0.25, 0.3) is 0 Å². The molecule has 0 aliphatic heterocycles. The lowest BCUT2D eigenvalue weighted by Gasteiger charge is -2.09. The van der Waals surface area contributed by atoms with Crippen molar-refractivity contribution in [3.05, 3.63) is 37.2 Å². The van der Waals surface area contributed by atoms with Gasteiger partial charge in [-0.3, -0.25) is 19.0 Å². The van der Waals surface area contributed by atoms with E-state index in [-0.39, 0.29) is 36.7 Å². The van der Waals surface area contributed by atoms with Crippen LogP contribution in [0.4, 0.5) is 0 Å². The van der Waals surface area contributed by atoms with E-state index in [0.717, 1.165) is 11.0 Å². The zero-order valence-electron chi connectivity index (χ0n) is 13.5. The number of rotatable bonds is 9. The van der Waals surface area contributed by atoms with Crippen molar-refractivity contribution in [2.24, 2.45) is 0 Å². The highest BCUT2D eigenvalue weighted by Gasteiger charge is 2.12. The van der Waals surface area contributed by atoms with Gasteiger partial charge in [-0.1, -0.05) is 13.2 Å². The van der Waals surface area contributed by atoms with E-state index >= 15 is 0 Å². The molecule has 0 aromatic rings. The van der Waals surface area contributed by atoms with Gasteiger partial charge in [-0.15, -0.1) is 0 Å². The van der Waals surface area contributed by atoms with Gasteiger partial charge in [0, 0.05) is 25.7 Å². The highest BCUT2D eigenvalue weighted by molar-refractivity contribution is 7.46. The summed E-state index contributed by atoms with van der Waals surface area (Å²) >= 11 is 0. The van der Waals surface area contributed by atoms with Crippen molar-refractivity contribution in [1.29, 1.82) is 0 Å². The summed E-state index contributed by atoms with van der Waals surface area (Å²) in [7, 11) is -4.37. The van der Waals surface area contributed by atoms with Crippen LogP contribution in [-0.2, 0) is 23.5 Å². The first-order valence-electron chi connectivity index (χ1n) is 6.63. The summed E-state index contributed by atoms with van der Waals surface area (Å²) in [5.74, 6) is -1.49. The van der Waals surface area contributed by atoms with E-state index in [0.29, 0.717) is 0 Å². The van der Waals surface area contributed by atoms with Crippen molar-refractivity contribution < 1.29 is 38.4 Å². The van der Waals surface area contributed by atoms with Gasteiger partial charge in [-0.2, -0.15) is 0 Å². The molecule has 1 amide bonds. The fourth-order valence-corrected chi connectivity index (χ4v) is 1.43. The SMILES string of the molecule is C=CC(=O)CCCOP(=O)(O)O.C=CN(C=C(C)C(=O)O)C(C)=O. The quantitative estimate of drug-likeness (QED) is 0.319. The second kappa shape index (κ2) is 12.4. The molecule has 0 saturated carbocycles. The molecule has 0 aromatic heterocycles. The molecule has 0 aliphatic carbocycles.